The molecule has 1 aliphatic rings. The van der Waals surface area contributed by atoms with Gasteiger partial charge < -0.3 is 20.7 Å². The van der Waals surface area contributed by atoms with Crippen molar-refractivity contribution in [2.24, 2.45) is 11.7 Å². The maximum absolute atomic E-state index is 10.4. The summed E-state index contributed by atoms with van der Waals surface area (Å²) < 4.78 is 5.93. The van der Waals surface area contributed by atoms with Crippen LogP contribution in [-0.2, 0) is 0 Å². The Morgan fingerprint density at radius 2 is 2.05 bits per heavy atom. The lowest BCUT2D eigenvalue weighted by molar-refractivity contribution is 0.0843. The van der Waals surface area contributed by atoms with E-state index in [1.165, 1.54) is 0 Å². The van der Waals surface area contributed by atoms with Crippen molar-refractivity contribution in [3.05, 3.63) is 22.2 Å². The van der Waals surface area contributed by atoms with Gasteiger partial charge in [-0.1, -0.05) is 12.8 Å². The molecule has 0 aromatic heterocycles. The van der Waals surface area contributed by atoms with Crippen LogP contribution < -0.4 is 10.5 Å². The average Bonchev–Trinajstić information content (AvgIpc) is 2.96. The van der Waals surface area contributed by atoms with Crippen molar-refractivity contribution in [2.75, 3.05) is 6.61 Å². The zero-order valence-electron chi connectivity index (χ0n) is 11.7. The number of aliphatic hydroxyl groups excluding tert-OH is 1. The fraction of sp³-hybridized carbons (Fsp3) is 0.600. The van der Waals surface area contributed by atoms with Crippen LogP contribution >= 0.6 is 15.9 Å². The van der Waals surface area contributed by atoms with Crippen molar-refractivity contribution in [3.8, 4) is 11.5 Å². The van der Waals surface area contributed by atoms with Gasteiger partial charge in [-0.05, 0) is 59.3 Å². The normalized spacial score (nSPS) is 19.0. The number of hydrogen-bond acceptors (Lipinski definition) is 4. The summed E-state index contributed by atoms with van der Waals surface area (Å²) in [5.41, 5.74) is 6.97. The zero-order chi connectivity index (χ0) is 14.7. The summed E-state index contributed by atoms with van der Waals surface area (Å²) in [6.07, 6.45) is 3.85. The lowest BCUT2D eigenvalue weighted by Crippen LogP contribution is -2.32. The van der Waals surface area contributed by atoms with Crippen molar-refractivity contribution >= 4 is 15.9 Å². The fourth-order valence-corrected chi connectivity index (χ4v) is 3.30. The van der Waals surface area contributed by atoms with Gasteiger partial charge >= 0.3 is 0 Å². The van der Waals surface area contributed by atoms with Crippen LogP contribution in [0.2, 0.25) is 0 Å². The fourth-order valence-electron chi connectivity index (χ4n) is 2.84. The van der Waals surface area contributed by atoms with E-state index in [0.717, 1.165) is 31.2 Å². The summed E-state index contributed by atoms with van der Waals surface area (Å²) >= 11 is 3.30. The molecule has 1 aromatic carbocycles. The van der Waals surface area contributed by atoms with Crippen molar-refractivity contribution < 1.29 is 14.9 Å². The second kappa shape index (κ2) is 6.78. The molecule has 4 nitrogen and oxygen atoms in total. The van der Waals surface area contributed by atoms with Crippen LogP contribution in [0.15, 0.2) is 16.6 Å². The van der Waals surface area contributed by atoms with Crippen molar-refractivity contribution in [1.29, 1.82) is 0 Å². The molecule has 20 heavy (non-hydrogen) atoms. The smallest absolute Gasteiger partial charge is 0.172 e. The maximum Gasteiger partial charge on any atom is 0.172 e. The number of aromatic hydroxyl groups is 1. The minimum absolute atomic E-state index is 0.0677. The monoisotopic (exact) mass is 343 g/mol. The highest BCUT2D eigenvalue weighted by molar-refractivity contribution is 9.10. The Hall–Kier alpha value is -0.780. The Bertz CT molecular complexity index is 461. The molecule has 0 radical (unpaired) electrons. The molecule has 0 heterocycles. The zero-order valence-corrected chi connectivity index (χ0v) is 13.3. The number of benzene rings is 1. The number of phenols is 1. The Morgan fingerprint density at radius 1 is 1.40 bits per heavy atom. The summed E-state index contributed by atoms with van der Waals surface area (Å²) in [6, 6.07) is 3.00. The van der Waals surface area contributed by atoms with Crippen LogP contribution in [0, 0.1) is 5.92 Å². The molecule has 0 unspecified atom stereocenters. The highest BCUT2D eigenvalue weighted by Crippen LogP contribution is 2.39. The molecule has 112 valence electrons. The maximum atomic E-state index is 10.4. The second-order valence-corrected chi connectivity index (χ2v) is 6.20. The first-order chi connectivity index (χ1) is 9.54. The minimum Gasteiger partial charge on any atom is -0.503 e. The topological polar surface area (TPSA) is 75.7 Å². The predicted octanol–water partition coefficient (Wildman–Crippen LogP) is 3.10. The highest BCUT2D eigenvalue weighted by Gasteiger charge is 2.29. The molecule has 1 saturated carbocycles. The third-order valence-electron chi connectivity index (χ3n) is 3.99. The van der Waals surface area contributed by atoms with Gasteiger partial charge in [0.25, 0.3) is 0 Å². The molecule has 0 aliphatic heterocycles. The lowest BCUT2D eigenvalue weighted by atomic mass is 9.91. The molecule has 0 bridgehead atoms. The van der Waals surface area contributed by atoms with Gasteiger partial charge in [0.05, 0.1) is 23.2 Å². The Balaban J connectivity index is 2.22. The Morgan fingerprint density at radius 3 is 2.65 bits per heavy atom. The summed E-state index contributed by atoms with van der Waals surface area (Å²) in [7, 11) is 0. The van der Waals surface area contributed by atoms with Gasteiger partial charge in [-0.25, -0.2) is 0 Å². The molecule has 4 N–H and O–H groups in total. The van der Waals surface area contributed by atoms with Gasteiger partial charge in [-0.3, -0.25) is 0 Å². The van der Waals surface area contributed by atoms with Crippen LogP contribution in [0.25, 0.3) is 0 Å². The summed E-state index contributed by atoms with van der Waals surface area (Å²) in [4.78, 5) is 0. The van der Waals surface area contributed by atoms with Gasteiger partial charge in [0.2, 0.25) is 0 Å². The molecule has 0 spiro atoms. The third kappa shape index (κ3) is 3.27. The number of hydrogen-bond donors (Lipinski definition) is 3. The van der Waals surface area contributed by atoms with E-state index in [9.17, 15) is 10.2 Å². The molecule has 5 heteroatoms. The van der Waals surface area contributed by atoms with E-state index in [2.05, 4.69) is 15.9 Å². The molecule has 0 saturated heterocycles. The molecular weight excluding hydrogens is 322 g/mol. The van der Waals surface area contributed by atoms with E-state index in [-0.39, 0.29) is 11.7 Å². The Kier molecular flexibility index (Phi) is 5.29. The molecule has 1 aliphatic carbocycles. The number of aliphatic hydroxyl groups is 1. The second-order valence-electron chi connectivity index (χ2n) is 5.34. The van der Waals surface area contributed by atoms with Crippen molar-refractivity contribution in [3.63, 3.8) is 0 Å². The standard InChI is InChI=1S/C15H22BrNO3/c1-2-20-12-8-10(7-11(16)15(12)19)13(17)14(18)9-5-3-4-6-9/h7-9,13-14,18-19H,2-6,17H2,1H3/t13-,14+/m1/s1. The summed E-state index contributed by atoms with van der Waals surface area (Å²) in [5.74, 6) is 0.734. The molecule has 2 rings (SSSR count). The van der Waals surface area contributed by atoms with Crippen LogP contribution in [0.4, 0.5) is 0 Å². The summed E-state index contributed by atoms with van der Waals surface area (Å²) in [6.45, 7) is 2.32. The largest absolute Gasteiger partial charge is 0.503 e. The number of ether oxygens (including phenoxy) is 1. The van der Waals surface area contributed by atoms with E-state index in [1.54, 1.807) is 12.1 Å². The molecular formula is C15H22BrNO3. The molecule has 2 atom stereocenters. The molecule has 1 fully saturated rings. The van der Waals surface area contributed by atoms with Crippen LogP contribution in [0.1, 0.15) is 44.2 Å². The first kappa shape index (κ1) is 15.6. The van der Waals surface area contributed by atoms with Crippen LogP contribution in [0.5, 0.6) is 11.5 Å². The molecule has 0 amide bonds. The summed E-state index contributed by atoms with van der Waals surface area (Å²) in [5, 5.41) is 20.3. The van der Waals surface area contributed by atoms with Crippen LogP contribution in [-0.4, -0.2) is 22.9 Å². The van der Waals surface area contributed by atoms with E-state index < -0.39 is 12.1 Å². The van der Waals surface area contributed by atoms with E-state index in [4.69, 9.17) is 10.5 Å². The van der Waals surface area contributed by atoms with Crippen LogP contribution in [0.3, 0.4) is 0 Å². The van der Waals surface area contributed by atoms with Gasteiger partial charge in [0.15, 0.2) is 11.5 Å². The average molecular weight is 344 g/mol. The SMILES string of the molecule is CCOc1cc([C@@H](N)[C@@H](O)C2CCCC2)cc(Br)c1O. The Labute approximate surface area is 128 Å². The van der Waals surface area contributed by atoms with E-state index in [1.807, 2.05) is 6.92 Å². The first-order valence-corrected chi connectivity index (χ1v) is 7.92. The van der Waals surface area contributed by atoms with E-state index in [0.29, 0.717) is 16.8 Å². The van der Waals surface area contributed by atoms with Crippen molar-refractivity contribution in [1.82, 2.24) is 0 Å². The number of halogens is 1. The van der Waals surface area contributed by atoms with E-state index >= 15 is 0 Å². The molecule has 1 aromatic rings. The highest BCUT2D eigenvalue weighted by atomic mass is 79.9. The number of nitrogens with two attached hydrogens (primary N) is 1. The predicted molar refractivity (Wildman–Crippen MR) is 81.9 cm³/mol. The van der Waals surface area contributed by atoms with Gasteiger partial charge in [0, 0.05) is 0 Å². The first-order valence-electron chi connectivity index (χ1n) is 7.13. The van der Waals surface area contributed by atoms with Crippen molar-refractivity contribution in [2.45, 2.75) is 44.8 Å². The lowest BCUT2D eigenvalue weighted by Gasteiger charge is -2.25. The van der Waals surface area contributed by atoms with Gasteiger partial charge in [-0.2, -0.15) is 0 Å². The quantitative estimate of drug-likeness (QED) is 0.767. The minimum atomic E-state index is -0.552. The third-order valence-corrected chi connectivity index (χ3v) is 4.59. The number of rotatable bonds is 5. The van der Waals surface area contributed by atoms with Gasteiger partial charge in [0.1, 0.15) is 0 Å². The number of phenolic OH excluding ortho intramolecular Hbond substituents is 1. The van der Waals surface area contributed by atoms with Gasteiger partial charge in [-0.15, -0.1) is 0 Å².